The molecule has 3 rings (SSSR count). The molecule has 0 saturated heterocycles. The molecule has 0 spiro atoms. The number of nitrogens with one attached hydrogen (secondary N) is 2. The normalized spacial score (nSPS) is 11.8. The number of anilines is 1. The summed E-state index contributed by atoms with van der Waals surface area (Å²) in [6.07, 6.45) is 4.48. The highest BCUT2D eigenvalue weighted by Crippen LogP contribution is 2.20. The summed E-state index contributed by atoms with van der Waals surface area (Å²) in [7, 11) is 1.78. The van der Waals surface area contributed by atoms with Crippen LogP contribution in [0, 0.1) is 6.92 Å². The van der Waals surface area contributed by atoms with E-state index in [0.29, 0.717) is 11.5 Å². The first-order valence-electron chi connectivity index (χ1n) is 8.97. The molecular formula is C20H24N6O. The SMILES string of the molecule is CNc1nc(C)cc(-c2cccc(C(=O)N[C@H](C)CCn3cccn3)c2)n1. The van der Waals surface area contributed by atoms with E-state index in [1.165, 1.54) is 0 Å². The molecule has 27 heavy (non-hydrogen) atoms. The van der Waals surface area contributed by atoms with Crippen LogP contribution in [0.3, 0.4) is 0 Å². The third-order valence-corrected chi connectivity index (χ3v) is 4.23. The standard InChI is InChI=1S/C20H24N6O/c1-14(8-11-26-10-5-9-22-26)23-19(27)17-7-4-6-16(13-17)18-12-15(2)24-20(21-3)25-18/h4-7,9-10,12-14H,8,11H2,1-3H3,(H,23,27)(H,21,24,25)/t14-/m1/s1. The van der Waals surface area contributed by atoms with Crippen molar-refractivity contribution in [3.63, 3.8) is 0 Å². The first-order valence-corrected chi connectivity index (χ1v) is 8.97. The minimum Gasteiger partial charge on any atom is -0.357 e. The van der Waals surface area contributed by atoms with Gasteiger partial charge >= 0.3 is 0 Å². The van der Waals surface area contributed by atoms with Crippen LogP contribution >= 0.6 is 0 Å². The topological polar surface area (TPSA) is 84.7 Å². The highest BCUT2D eigenvalue weighted by molar-refractivity contribution is 5.95. The van der Waals surface area contributed by atoms with Gasteiger partial charge in [-0.3, -0.25) is 9.48 Å². The summed E-state index contributed by atoms with van der Waals surface area (Å²) in [6.45, 7) is 4.68. The van der Waals surface area contributed by atoms with Crippen molar-refractivity contribution in [3.05, 3.63) is 60.0 Å². The maximum Gasteiger partial charge on any atom is 0.251 e. The Kier molecular flexibility index (Phi) is 5.80. The summed E-state index contributed by atoms with van der Waals surface area (Å²) < 4.78 is 1.86. The van der Waals surface area contributed by atoms with E-state index in [1.807, 2.05) is 61.1 Å². The molecule has 0 aliphatic rings. The predicted octanol–water partition coefficient (Wildman–Crippen LogP) is 2.90. The van der Waals surface area contributed by atoms with Gasteiger partial charge in [-0.1, -0.05) is 12.1 Å². The van der Waals surface area contributed by atoms with Gasteiger partial charge < -0.3 is 10.6 Å². The number of carbonyl (C=O) groups is 1. The fraction of sp³-hybridized carbons (Fsp3) is 0.300. The summed E-state index contributed by atoms with van der Waals surface area (Å²) in [5, 5.41) is 10.2. The minimum atomic E-state index is -0.0931. The van der Waals surface area contributed by atoms with Crippen LogP contribution in [0.1, 0.15) is 29.4 Å². The fourth-order valence-electron chi connectivity index (χ4n) is 2.79. The zero-order chi connectivity index (χ0) is 19.2. The van der Waals surface area contributed by atoms with Gasteiger partial charge in [0, 0.05) is 48.8 Å². The molecular weight excluding hydrogens is 340 g/mol. The first kappa shape index (κ1) is 18.6. The van der Waals surface area contributed by atoms with Crippen LogP contribution in [0.4, 0.5) is 5.95 Å². The lowest BCUT2D eigenvalue weighted by molar-refractivity contribution is 0.0937. The van der Waals surface area contributed by atoms with Crippen LogP contribution in [-0.4, -0.2) is 38.7 Å². The van der Waals surface area contributed by atoms with E-state index < -0.39 is 0 Å². The second-order valence-electron chi connectivity index (χ2n) is 6.48. The molecule has 0 radical (unpaired) electrons. The monoisotopic (exact) mass is 364 g/mol. The predicted molar refractivity (Wildman–Crippen MR) is 106 cm³/mol. The molecule has 0 unspecified atom stereocenters. The molecule has 0 aliphatic heterocycles. The molecule has 0 fully saturated rings. The number of nitrogens with zero attached hydrogens (tertiary/aromatic N) is 4. The van der Waals surface area contributed by atoms with Gasteiger partial charge in [-0.25, -0.2) is 9.97 Å². The maximum atomic E-state index is 12.6. The van der Waals surface area contributed by atoms with Crippen LogP contribution in [-0.2, 0) is 6.54 Å². The van der Waals surface area contributed by atoms with Crippen molar-refractivity contribution in [2.45, 2.75) is 32.9 Å². The number of rotatable bonds is 7. The molecule has 2 heterocycles. The summed E-state index contributed by atoms with van der Waals surface area (Å²) in [4.78, 5) is 21.4. The quantitative estimate of drug-likeness (QED) is 0.673. The molecule has 0 saturated carbocycles. The van der Waals surface area contributed by atoms with Crippen molar-refractivity contribution in [2.24, 2.45) is 0 Å². The highest BCUT2D eigenvalue weighted by atomic mass is 16.1. The Hall–Kier alpha value is -3.22. The van der Waals surface area contributed by atoms with Gasteiger partial charge in [0.1, 0.15) is 0 Å². The van der Waals surface area contributed by atoms with Crippen molar-refractivity contribution in [1.82, 2.24) is 25.1 Å². The van der Waals surface area contributed by atoms with Crippen LogP contribution in [0.25, 0.3) is 11.3 Å². The van der Waals surface area contributed by atoms with E-state index in [0.717, 1.165) is 29.9 Å². The second kappa shape index (κ2) is 8.44. The average Bonchev–Trinajstić information content (AvgIpc) is 3.19. The lowest BCUT2D eigenvalue weighted by atomic mass is 10.1. The molecule has 3 aromatic rings. The summed E-state index contributed by atoms with van der Waals surface area (Å²) in [5.41, 5.74) is 3.15. The highest BCUT2D eigenvalue weighted by Gasteiger charge is 2.12. The van der Waals surface area contributed by atoms with Crippen molar-refractivity contribution < 1.29 is 4.79 Å². The van der Waals surface area contributed by atoms with E-state index in [4.69, 9.17) is 0 Å². The van der Waals surface area contributed by atoms with Crippen LogP contribution in [0.15, 0.2) is 48.8 Å². The molecule has 7 nitrogen and oxygen atoms in total. The third kappa shape index (κ3) is 4.91. The Morgan fingerprint density at radius 3 is 2.81 bits per heavy atom. The van der Waals surface area contributed by atoms with E-state index in [1.54, 1.807) is 13.2 Å². The zero-order valence-electron chi connectivity index (χ0n) is 15.8. The van der Waals surface area contributed by atoms with E-state index in [2.05, 4.69) is 25.7 Å². The Morgan fingerprint density at radius 2 is 2.07 bits per heavy atom. The fourth-order valence-corrected chi connectivity index (χ4v) is 2.79. The molecule has 2 N–H and O–H groups in total. The molecule has 140 valence electrons. The molecule has 7 heteroatoms. The number of hydrogen-bond donors (Lipinski definition) is 2. The Balaban J connectivity index is 1.69. The van der Waals surface area contributed by atoms with E-state index in [-0.39, 0.29) is 11.9 Å². The number of benzene rings is 1. The summed E-state index contributed by atoms with van der Waals surface area (Å²) in [5.74, 6) is 0.469. The second-order valence-corrected chi connectivity index (χ2v) is 6.48. The van der Waals surface area contributed by atoms with Gasteiger partial charge in [0.25, 0.3) is 5.91 Å². The van der Waals surface area contributed by atoms with E-state index in [9.17, 15) is 4.79 Å². The Morgan fingerprint density at radius 1 is 1.22 bits per heavy atom. The molecule has 0 aliphatic carbocycles. The number of amides is 1. The maximum absolute atomic E-state index is 12.6. The van der Waals surface area contributed by atoms with E-state index >= 15 is 0 Å². The molecule has 2 aromatic heterocycles. The number of carbonyl (C=O) groups excluding carboxylic acids is 1. The third-order valence-electron chi connectivity index (χ3n) is 4.23. The van der Waals surface area contributed by atoms with Crippen molar-refractivity contribution in [1.29, 1.82) is 0 Å². The summed E-state index contributed by atoms with van der Waals surface area (Å²) in [6, 6.07) is 11.3. The van der Waals surface area contributed by atoms with Gasteiger partial charge in [0.15, 0.2) is 0 Å². The first-order chi connectivity index (χ1) is 13.0. The van der Waals surface area contributed by atoms with Crippen molar-refractivity contribution in [2.75, 3.05) is 12.4 Å². The van der Waals surface area contributed by atoms with Gasteiger partial charge in [0.05, 0.1) is 5.69 Å². The van der Waals surface area contributed by atoms with Crippen molar-refractivity contribution >= 4 is 11.9 Å². The lowest BCUT2D eigenvalue weighted by Crippen LogP contribution is -2.33. The average molecular weight is 364 g/mol. The Bertz CT molecular complexity index is 907. The number of aromatic nitrogens is 4. The van der Waals surface area contributed by atoms with Gasteiger partial charge in [-0.05, 0) is 44.5 Å². The van der Waals surface area contributed by atoms with Crippen LogP contribution in [0.5, 0.6) is 0 Å². The van der Waals surface area contributed by atoms with Gasteiger partial charge in [-0.15, -0.1) is 0 Å². The largest absolute Gasteiger partial charge is 0.357 e. The van der Waals surface area contributed by atoms with Gasteiger partial charge in [-0.2, -0.15) is 5.10 Å². The Labute approximate surface area is 158 Å². The number of hydrogen-bond acceptors (Lipinski definition) is 5. The summed E-state index contributed by atoms with van der Waals surface area (Å²) >= 11 is 0. The smallest absolute Gasteiger partial charge is 0.251 e. The zero-order valence-corrected chi connectivity index (χ0v) is 15.8. The van der Waals surface area contributed by atoms with Crippen LogP contribution in [0.2, 0.25) is 0 Å². The molecule has 1 amide bonds. The van der Waals surface area contributed by atoms with Gasteiger partial charge in [0.2, 0.25) is 5.95 Å². The molecule has 1 atom stereocenters. The van der Waals surface area contributed by atoms with Crippen molar-refractivity contribution in [3.8, 4) is 11.3 Å². The molecule has 1 aromatic carbocycles. The van der Waals surface area contributed by atoms with Crippen LogP contribution < -0.4 is 10.6 Å². The lowest BCUT2D eigenvalue weighted by Gasteiger charge is -2.14. The minimum absolute atomic E-state index is 0.0440. The molecule has 0 bridgehead atoms. The number of aryl methyl sites for hydroxylation is 2.